The Labute approximate surface area is 307 Å². The van der Waals surface area contributed by atoms with Gasteiger partial charge in [0.25, 0.3) is 11.7 Å². The van der Waals surface area contributed by atoms with E-state index in [9.17, 15) is 29.4 Å². The van der Waals surface area contributed by atoms with E-state index >= 15 is 0 Å². The summed E-state index contributed by atoms with van der Waals surface area (Å²) >= 11 is 0. The fourth-order valence-corrected chi connectivity index (χ4v) is 7.54. The first-order chi connectivity index (χ1) is 24.8. The number of aliphatic hydroxyl groups excluding tert-OH is 1. The number of aromatic nitrogens is 1. The molecule has 4 rings (SSSR count). The predicted molar refractivity (Wildman–Crippen MR) is 193 cm³/mol. The number of rotatable bonds is 6. The molecule has 2 bridgehead atoms. The molecule has 0 aromatic carbocycles. The highest BCUT2D eigenvalue weighted by Gasteiger charge is 2.56. The number of Topliss-reactive ketones (excluding diaryl/α,β-unsaturated/α-hetero) is 2. The number of hydrogen-bond donors (Lipinski definition) is 2. The van der Waals surface area contributed by atoms with Gasteiger partial charge in [0.15, 0.2) is 0 Å². The normalized spacial score (nSPS) is 34.7. The van der Waals surface area contributed by atoms with Gasteiger partial charge in [-0.15, -0.1) is 6.58 Å². The van der Waals surface area contributed by atoms with Crippen molar-refractivity contribution >= 4 is 29.5 Å². The summed E-state index contributed by atoms with van der Waals surface area (Å²) < 4.78 is 23.8. The van der Waals surface area contributed by atoms with Crippen molar-refractivity contribution in [1.82, 2.24) is 9.88 Å². The highest BCUT2D eigenvalue weighted by Crippen LogP contribution is 2.38. The Hall–Kier alpha value is -3.55. The second kappa shape index (κ2) is 19.0. The van der Waals surface area contributed by atoms with Crippen LogP contribution < -0.4 is 0 Å². The topological polar surface area (TPSA) is 162 Å². The number of methoxy groups -OCH3 is 2. The van der Waals surface area contributed by atoms with Crippen LogP contribution in [-0.4, -0.2) is 107 Å². The van der Waals surface area contributed by atoms with E-state index in [2.05, 4.69) is 11.6 Å². The number of fused-ring (bicyclic) bond motifs is 3. The maximum absolute atomic E-state index is 14.0. The number of hydrogen-bond acceptors (Lipinski definition) is 11. The molecule has 4 heterocycles. The molecule has 286 valence electrons. The van der Waals surface area contributed by atoms with Crippen LogP contribution in [0.3, 0.4) is 0 Å². The summed E-state index contributed by atoms with van der Waals surface area (Å²) in [5.74, 6) is -6.90. The minimum absolute atomic E-state index is 0.0699. The smallest absolute Gasteiger partial charge is 0.329 e. The van der Waals surface area contributed by atoms with Crippen LogP contribution in [0, 0.1) is 11.8 Å². The van der Waals surface area contributed by atoms with E-state index in [1.807, 2.05) is 19.1 Å². The van der Waals surface area contributed by atoms with Crippen molar-refractivity contribution in [3.63, 3.8) is 0 Å². The molecule has 0 spiro atoms. The van der Waals surface area contributed by atoms with Gasteiger partial charge in [-0.3, -0.25) is 19.4 Å². The largest absolute Gasteiger partial charge is 0.456 e. The standard InChI is InChI=1S/C40H56N2O10/c1-7-11-29-20-25(2)12-10-14-33(49-5)36-35(50-6)22-27(4)40(48,52-36)37(45)38(46)42-19-9-8-13-31(42)39(47)51-34(24-30(43)23-32(29)44)26(3)21-28-15-17-41-18-16-28/h7,15-18,20-21,27,29-31,33-36,43,48H,1,8-14,19,22-24H2,2-6H3/b25-20+,26-21+/t27?,29?,30-,31-,33-,34-,35?,36?,40?/m0/s1. The second-order valence-corrected chi connectivity index (χ2v) is 14.5. The first kappa shape index (κ1) is 41.2. The summed E-state index contributed by atoms with van der Waals surface area (Å²) in [6.07, 6.45) is 8.07. The lowest BCUT2D eigenvalue weighted by molar-refractivity contribution is -0.302. The Morgan fingerprint density at radius 2 is 1.79 bits per heavy atom. The van der Waals surface area contributed by atoms with Crippen LogP contribution in [0.4, 0.5) is 0 Å². The van der Waals surface area contributed by atoms with Crippen LogP contribution in [0.15, 0.2) is 54.4 Å². The van der Waals surface area contributed by atoms with Gasteiger partial charge in [-0.2, -0.15) is 0 Å². The third kappa shape index (κ3) is 10.1. The second-order valence-electron chi connectivity index (χ2n) is 14.5. The van der Waals surface area contributed by atoms with Crippen molar-refractivity contribution in [3.8, 4) is 0 Å². The lowest BCUT2D eigenvalue weighted by Crippen LogP contribution is -2.64. The lowest BCUT2D eigenvalue weighted by Gasteiger charge is -2.46. The first-order valence-corrected chi connectivity index (χ1v) is 18.4. The number of cyclic esters (lactones) is 1. The number of allylic oxidation sites excluding steroid dienone is 3. The quantitative estimate of drug-likeness (QED) is 0.241. The summed E-state index contributed by atoms with van der Waals surface area (Å²) in [5.41, 5.74) is 2.37. The molecule has 0 saturated carbocycles. The summed E-state index contributed by atoms with van der Waals surface area (Å²) in [5, 5.41) is 23.2. The van der Waals surface area contributed by atoms with E-state index in [4.69, 9.17) is 18.9 Å². The van der Waals surface area contributed by atoms with Crippen LogP contribution >= 0.6 is 0 Å². The monoisotopic (exact) mass is 724 g/mol. The van der Waals surface area contributed by atoms with Crippen molar-refractivity contribution in [2.24, 2.45) is 11.8 Å². The lowest BCUT2D eigenvalue weighted by atomic mass is 9.83. The van der Waals surface area contributed by atoms with Crippen LogP contribution in [0.25, 0.3) is 6.08 Å². The summed E-state index contributed by atoms with van der Waals surface area (Å²) in [4.78, 5) is 60.8. The summed E-state index contributed by atoms with van der Waals surface area (Å²) in [6, 6.07) is 2.46. The van der Waals surface area contributed by atoms with E-state index in [1.54, 1.807) is 44.4 Å². The maximum atomic E-state index is 14.0. The molecular formula is C40H56N2O10. The molecule has 5 unspecified atom stereocenters. The number of nitrogens with zero attached hydrogens (tertiary/aromatic N) is 2. The molecule has 0 radical (unpaired) electrons. The van der Waals surface area contributed by atoms with Gasteiger partial charge in [-0.05, 0) is 88.5 Å². The fourth-order valence-electron chi connectivity index (χ4n) is 7.54. The van der Waals surface area contributed by atoms with Gasteiger partial charge in [0.2, 0.25) is 5.79 Å². The molecule has 1 aromatic rings. The summed E-state index contributed by atoms with van der Waals surface area (Å²) in [6.45, 7) is 9.27. The molecule has 2 N–H and O–H groups in total. The number of pyridine rings is 1. The molecule has 2 fully saturated rings. The van der Waals surface area contributed by atoms with E-state index < -0.39 is 71.8 Å². The predicted octanol–water partition coefficient (Wildman–Crippen LogP) is 4.52. The highest BCUT2D eigenvalue weighted by molar-refractivity contribution is 6.39. The number of carbonyl (C=O) groups excluding carboxylic acids is 4. The minimum atomic E-state index is -2.48. The van der Waals surface area contributed by atoms with Crippen molar-refractivity contribution in [2.45, 2.75) is 127 Å². The van der Waals surface area contributed by atoms with Crippen LogP contribution in [-0.2, 0) is 38.1 Å². The molecule has 12 nitrogen and oxygen atoms in total. The fraction of sp³-hybridized carbons (Fsp3) is 0.625. The van der Waals surface area contributed by atoms with Crippen LogP contribution in [0.2, 0.25) is 0 Å². The van der Waals surface area contributed by atoms with Gasteiger partial charge < -0.3 is 34.1 Å². The Bertz CT molecular complexity index is 1480. The van der Waals surface area contributed by atoms with E-state index in [0.717, 1.165) is 11.1 Å². The average molecular weight is 725 g/mol. The Balaban J connectivity index is 1.74. The number of esters is 1. The highest BCUT2D eigenvalue weighted by atomic mass is 16.7. The molecule has 3 aliphatic rings. The van der Waals surface area contributed by atoms with E-state index in [0.29, 0.717) is 44.1 Å². The Kier molecular flexibility index (Phi) is 15.0. The molecule has 1 amide bonds. The molecule has 3 aliphatic heterocycles. The molecule has 9 atom stereocenters. The Morgan fingerprint density at radius 1 is 1.08 bits per heavy atom. The SMILES string of the molecule is C=CCC1/C=C(\C)CCC[C@H](OC)C2OC(O)(C(=O)C(=O)N3CCCC[C@H]3C(=O)O[C@H](/C(C)=C/c3ccncc3)C[C@@H](O)CC1=O)C(C)CC2OC. The van der Waals surface area contributed by atoms with Crippen molar-refractivity contribution in [1.29, 1.82) is 0 Å². The van der Waals surface area contributed by atoms with Crippen LogP contribution in [0.1, 0.15) is 90.5 Å². The van der Waals surface area contributed by atoms with Gasteiger partial charge in [0.1, 0.15) is 24.0 Å². The molecule has 52 heavy (non-hydrogen) atoms. The molecule has 12 heteroatoms. The van der Waals surface area contributed by atoms with Gasteiger partial charge in [-0.25, -0.2) is 4.79 Å². The maximum Gasteiger partial charge on any atom is 0.329 e. The zero-order valence-corrected chi connectivity index (χ0v) is 31.2. The van der Waals surface area contributed by atoms with Crippen molar-refractivity contribution < 1.29 is 48.3 Å². The zero-order chi connectivity index (χ0) is 38.0. The first-order valence-electron chi connectivity index (χ1n) is 18.4. The number of amides is 1. The number of carbonyl (C=O) groups is 4. The third-order valence-electron chi connectivity index (χ3n) is 10.6. The number of ether oxygens (including phenoxy) is 4. The van der Waals surface area contributed by atoms with E-state index in [1.165, 1.54) is 19.1 Å². The molecule has 2 saturated heterocycles. The minimum Gasteiger partial charge on any atom is -0.456 e. The van der Waals surface area contributed by atoms with Gasteiger partial charge in [0, 0.05) is 57.8 Å². The molecule has 0 aliphatic carbocycles. The van der Waals surface area contributed by atoms with Gasteiger partial charge in [-0.1, -0.05) is 30.7 Å². The third-order valence-corrected chi connectivity index (χ3v) is 10.6. The van der Waals surface area contributed by atoms with Crippen molar-refractivity contribution in [2.75, 3.05) is 20.8 Å². The molecule has 1 aromatic heterocycles. The molecular weight excluding hydrogens is 668 g/mol. The average Bonchev–Trinajstić information content (AvgIpc) is 3.13. The zero-order valence-electron chi connectivity index (χ0n) is 31.2. The van der Waals surface area contributed by atoms with Gasteiger partial charge >= 0.3 is 5.97 Å². The summed E-state index contributed by atoms with van der Waals surface area (Å²) in [7, 11) is 3.04. The van der Waals surface area contributed by atoms with Crippen molar-refractivity contribution in [3.05, 3.63) is 60.0 Å². The van der Waals surface area contributed by atoms with E-state index in [-0.39, 0.29) is 38.0 Å². The Morgan fingerprint density at radius 3 is 2.46 bits per heavy atom. The van der Waals surface area contributed by atoms with Crippen LogP contribution in [0.5, 0.6) is 0 Å². The van der Waals surface area contributed by atoms with Gasteiger partial charge in [0.05, 0.1) is 18.3 Å². The number of aliphatic hydroxyl groups is 2. The number of ketones is 2. The number of piperidine rings is 1.